The van der Waals surface area contributed by atoms with Crippen molar-refractivity contribution in [3.05, 3.63) is 21.9 Å². The van der Waals surface area contributed by atoms with Crippen molar-refractivity contribution >= 4 is 33.2 Å². The van der Waals surface area contributed by atoms with Gasteiger partial charge in [-0.15, -0.1) is 11.3 Å². The highest BCUT2D eigenvalue weighted by Crippen LogP contribution is 2.17. The zero-order chi connectivity index (χ0) is 8.27. The van der Waals surface area contributed by atoms with E-state index >= 15 is 0 Å². The summed E-state index contributed by atoms with van der Waals surface area (Å²) in [6.07, 6.45) is 0.783. The second-order valence-electron chi connectivity index (χ2n) is 2.02. The van der Waals surface area contributed by atoms with Crippen LogP contribution >= 0.6 is 27.3 Å². The fourth-order valence-corrected chi connectivity index (χ4v) is 2.04. The van der Waals surface area contributed by atoms with E-state index in [2.05, 4.69) is 15.9 Å². The summed E-state index contributed by atoms with van der Waals surface area (Å²) in [5, 5.41) is 11.3. The number of aryl methyl sites for hydroxylation is 1. The first-order valence-corrected chi connectivity index (χ1v) is 5.11. The van der Waals surface area contributed by atoms with Crippen molar-refractivity contribution in [2.75, 3.05) is 5.33 Å². The number of carboxylic acids is 1. The van der Waals surface area contributed by atoms with Crippen LogP contribution in [-0.4, -0.2) is 16.4 Å². The highest BCUT2D eigenvalue weighted by Gasteiger charge is 2.09. The Morgan fingerprint density at radius 1 is 1.73 bits per heavy atom. The van der Waals surface area contributed by atoms with Crippen LogP contribution in [-0.2, 0) is 6.42 Å². The molecule has 0 atom stereocenters. The van der Waals surface area contributed by atoms with Crippen LogP contribution in [0.25, 0.3) is 0 Å². The Kier molecular flexibility index (Phi) is 3.08. The zero-order valence-electron chi connectivity index (χ0n) is 5.71. The number of alkyl halides is 1. The minimum absolute atomic E-state index is 0.462. The lowest BCUT2D eigenvalue weighted by molar-refractivity contribution is 0.0701. The number of hydrogen-bond acceptors (Lipinski definition) is 2. The van der Waals surface area contributed by atoms with Gasteiger partial charge in [-0.05, 0) is 23.4 Å². The molecule has 0 aliphatic carbocycles. The lowest BCUT2D eigenvalue weighted by atomic mass is 10.2. The second kappa shape index (κ2) is 3.88. The average molecular weight is 235 g/mol. The molecule has 0 aromatic carbocycles. The summed E-state index contributed by atoms with van der Waals surface area (Å²) >= 11 is 4.54. The van der Waals surface area contributed by atoms with Gasteiger partial charge in [-0.2, -0.15) is 0 Å². The van der Waals surface area contributed by atoms with Gasteiger partial charge in [0, 0.05) is 5.33 Å². The third-order valence-corrected chi connectivity index (χ3v) is 2.65. The maximum atomic E-state index is 10.6. The molecule has 1 N–H and O–H groups in total. The zero-order valence-corrected chi connectivity index (χ0v) is 8.11. The molecule has 0 spiro atoms. The molecule has 11 heavy (non-hydrogen) atoms. The molecule has 60 valence electrons. The number of hydrogen-bond donors (Lipinski definition) is 1. The van der Waals surface area contributed by atoms with Crippen molar-refractivity contribution in [3.8, 4) is 0 Å². The maximum absolute atomic E-state index is 10.6. The quantitative estimate of drug-likeness (QED) is 0.816. The molecule has 1 aromatic heterocycles. The molecule has 0 saturated heterocycles. The predicted molar refractivity (Wildman–Crippen MR) is 48.8 cm³/mol. The molecular formula is C7H7BrO2S. The molecule has 0 radical (unpaired) electrons. The molecule has 4 heteroatoms. The summed E-state index contributed by atoms with van der Waals surface area (Å²) in [6, 6.07) is 1.86. The summed E-state index contributed by atoms with van der Waals surface area (Å²) in [5.41, 5.74) is 0.916. The highest BCUT2D eigenvalue weighted by atomic mass is 79.9. The summed E-state index contributed by atoms with van der Waals surface area (Å²) in [7, 11) is 0. The van der Waals surface area contributed by atoms with Gasteiger partial charge in [-0.1, -0.05) is 15.9 Å². The van der Waals surface area contributed by atoms with E-state index in [-0.39, 0.29) is 0 Å². The number of carboxylic acid groups (broad SMARTS) is 1. The summed E-state index contributed by atoms with van der Waals surface area (Å²) < 4.78 is 0. The van der Waals surface area contributed by atoms with Crippen LogP contribution in [0, 0.1) is 0 Å². The van der Waals surface area contributed by atoms with Gasteiger partial charge in [0.05, 0.1) is 0 Å². The van der Waals surface area contributed by atoms with E-state index in [4.69, 9.17) is 5.11 Å². The van der Waals surface area contributed by atoms with Crippen molar-refractivity contribution in [3.63, 3.8) is 0 Å². The van der Waals surface area contributed by atoms with Crippen LogP contribution in [0.3, 0.4) is 0 Å². The summed E-state index contributed by atoms with van der Waals surface area (Å²) in [4.78, 5) is 11.0. The van der Waals surface area contributed by atoms with E-state index < -0.39 is 5.97 Å². The number of rotatable bonds is 3. The Morgan fingerprint density at radius 2 is 2.45 bits per heavy atom. The molecule has 0 bridgehead atoms. The topological polar surface area (TPSA) is 37.3 Å². The number of halogens is 1. The van der Waals surface area contributed by atoms with Crippen molar-refractivity contribution < 1.29 is 9.90 Å². The van der Waals surface area contributed by atoms with Gasteiger partial charge < -0.3 is 5.11 Å². The van der Waals surface area contributed by atoms with Gasteiger partial charge in [0.25, 0.3) is 0 Å². The van der Waals surface area contributed by atoms with Gasteiger partial charge in [0.1, 0.15) is 4.88 Å². The predicted octanol–water partition coefficient (Wildman–Crippen LogP) is 2.38. The largest absolute Gasteiger partial charge is 0.477 e. The van der Waals surface area contributed by atoms with Crippen LogP contribution < -0.4 is 0 Å². The van der Waals surface area contributed by atoms with Gasteiger partial charge in [-0.3, -0.25) is 0 Å². The van der Waals surface area contributed by atoms with E-state index in [9.17, 15) is 4.79 Å². The number of carbonyl (C=O) groups is 1. The Bertz CT molecular complexity index is 257. The van der Waals surface area contributed by atoms with Crippen LogP contribution in [0.15, 0.2) is 11.4 Å². The Balaban J connectivity index is 2.87. The van der Waals surface area contributed by atoms with Crippen molar-refractivity contribution in [2.24, 2.45) is 0 Å². The highest BCUT2D eigenvalue weighted by molar-refractivity contribution is 9.09. The van der Waals surface area contributed by atoms with E-state index in [1.165, 1.54) is 11.3 Å². The average Bonchev–Trinajstić information content (AvgIpc) is 2.36. The molecular weight excluding hydrogens is 228 g/mol. The van der Waals surface area contributed by atoms with Crippen LogP contribution in [0.1, 0.15) is 15.2 Å². The van der Waals surface area contributed by atoms with Crippen molar-refractivity contribution in [1.82, 2.24) is 0 Å². The molecule has 0 saturated carbocycles. The normalized spacial score (nSPS) is 9.91. The first kappa shape index (κ1) is 8.74. The molecule has 1 aromatic rings. The van der Waals surface area contributed by atoms with Crippen LogP contribution in [0.4, 0.5) is 0 Å². The molecule has 0 unspecified atom stereocenters. The lowest BCUT2D eigenvalue weighted by Gasteiger charge is -1.93. The van der Waals surface area contributed by atoms with E-state index in [0.717, 1.165) is 17.3 Å². The standard InChI is InChI=1S/C7H7BrO2S/c8-3-1-5-2-4-11-6(5)7(9)10/h2,4H,1,3H2,(H,9,10). The molecule has 0 fully saturated rings. The van der Waals surface area contributed by atoms with Gasteiger partial charge in [0.15, 0.2) is 0 Å². The first-order chi connectivity index (χ1) is 5.25. The van der Waals surface area contributed by atoms with Crippen molar-refractivity contribution in [1.29, 1.82) is 0 Å². The first-order valence-electron chi connectivity index (χ1n) is 3.11. The second-order valence-corrected chi connectivity index (χ2v) is 3.73. The minimum Gasteiger partial charge on any atom is -0.477 e. The van der Waals surface area contributed by atoms with E-state index in [0.29, 0.717) is 4.88 Å². The monoisotopic (exact) mass is 234 g/mol. The molecule has 0 aliphatic heterocycles. The summed E-state index contributed by atoms with van der Waals surface area (Å²) in [5.74, 6) is -0.823. The molecule has 1 heterocycles. The molecule has 0 aliphatic rings. The molecule has 2 nitrogen and oxygen atoms in total. The van der Waals surface area contributed by atoms with Gasteiger partial charge in [-0.25, -0.2) is 4.79 Å². The molecule has 0 amide bonds. The van der Waals surface area contributed by atoms with Gasteiger partial charge in [0.2, 0.25) is 0 Å². The Labute approximate surface area is 77.0 Å². The van der Waals surface area contributed by atoms with E-state index in [1.54, 1.807) is 5.38 Å². The molecule has 1 rings (SSSR count). The van der Waals surface area contributed by atoms with Gasteiger partial charge >= 0.3 is 5.97 Å². The maximum Gasteiger partial charge on any atom is 0.346 e. The van der Waals surface area contributed by atoms with Crippen molar-refractivity contribution in [2.45, 2.75) is 6.42 Å². The fraction of sp³-hybridized carbons (Fsp3) is 0.286. The third kappa shape index (κ3) is 2.04. The minimum atomic E-state index is -0.823. The Morgan fingerprint density at radius 3 is 3.00 bits per heavy atom. The smallest absolute Gasteiger partial charge is 0.346 e. The van der Waals surface area contributed by atoms with Crippen LogP contribution in [0.2, 0.25) is 0 Å². The summed E-state index contributed by atoms with van der Waals surface area (Å²) in [6.45, 7) is 0. The fourth-order valence-electron chi connectivity index (χ4n) is 0.822. The third-order valence-electron chi connectivity index (χ3n) is 1.30. The lowest BCUT2D eigenvalue weighted by Crippen LogP contribution is -1.97. The number of thiophene rings is 1. The Hall–Kier alpha value is -0.350. The van der Waals surface area contributed by atoms with Crippen LogP contribution in [0.5, 0.6) is 0 Å². The SMILES string of the molecule is O=C(O)c1sccc1CCBr. The number of aromatic carboxylic acids is 1. The van der Waals surface area contributed by atoms with E-state index in [1.807, 2.05) is 6.07 Å².